The van der Waals surface area contributed by atoms with Crippen LogP contribution in [-0.4, -0.2) is 4.98 Å². The summed E-state index contributed by atoms with van der Waals surface area (Å²) in [7, 11) is 1.88. The lowest BCUT2D eigenvalue weighted by Gasteiger charge is -2.16. The summed E-state index contributed by atoms with van der Waals surface area (Å²) in [5.41, 5.74) is 2.04. The molecule has 0 unspecified atom stereocenters. The Kier molecular flexibility index (Phi) is 3.30. The molecule has 2 aromatic carbocycles. The zero-order valence-corrected chi connectivity index (χ0v) is 18.0. The Labute approximate surface area is 195 Å². The average Bonchev–Trinajstić information content (AvgIpc) is 3.21. The zero-order chi connectivity index (χ0) is 27.6. The van der Waals surface area contributed by atoms with Crippen molar-refractivity contribution in [1.82, 2.24) is 4.98 Å². The molecule has 0 fully saturated rings. The molecule has 0 aliphatic carbocycles. The number of fused-ring (bicyclic) bond motifs is 3. The largest absolute Gasteiger partial charge is 0.437 e. The molecule has 0 amide bonds. The number of pyridine rings is 2. The Morgan fingerprint density at radius 1 is 1.03 bits per heavy atom. The molecular formula is C28H26FN2O+. The van der Waals surface area contributed by atoms with E-state index in [4.69, 9.17) is 12.6 Å². The Morgan fingerprint density at radius 2 is 1.81 bits per heavy atom. The molecule has 0 saturated carbocycles. The fourth-order valence-electron chi connectivity index (χ4n) is 4.10. The van der Waals surface area contributed by atoms with E-state index in [1.54, 1.807) is 24.3 Å². The van der Waals surface area contributed by atoms with Crippen LogP contribution in [0.4, 0.5) is 4.39 Å². The van der Waals surface area contributed by atoms with Crippen molar-refractivity contribution >= 4 is 22.1 Å². The van der Waals surface area contributed by atoms with Gasteiger partial charge in [0.25, 0.3) is 0 Å². The van der Waals surface area contributed by atoms with Crippen LogP contribution >= 0.6 is 0 Å². The van der Waals surface area contributed by atoms with E-state index in [1.165, 1.54) is 19.1 Å². The number of rotatable bonds is 2. The second-order valence-corrected chi connectivity index (χ2v) is 8.30. The molecule has 32 heavy (non-hydrogen) atoms. The number of hydrogen-bond acceptors (Lipinski definition) is 2. The lowest BCUT2D eigenvalue weighted by molar-refractivity contribution is -0.660. The fraction of sp³-hybridized carbons (Fsp3) is 0.214. The van der Waals surface area contributed by atoms with E-state index in [2.05, 4.69) is 4.98 Å². The van der Waals surface area contributed by atoms with E-state index in [0.29, 0.717) is 22.1 Å². The summed E-state index contributed by atoms with van der Waals surface area (Å²) in [5, 5.41) is 1.39. The van der Waals surface area contributed by atoms with E-state index >= 15 is 0 Å². The number of nitrogens with zero attached hydrogens (tertiary/aromatic N) is 2. The summed E-state index contributed by atoms with van der Waals surface area (Å²) >= 11 is 0. The Balaban J connectivity index is 1.76. The molecule has 0 aliphatic heterocycles. The zero-order valence-electron chi connectivity index (χ0n) is 24.0. The second kappa shape index (κ2) is 7.27. The predicted molar refractivity (Wildman–Crippen MR) is 127 cm³/mol. The molecule has 0 radical (unpaired) electrons. The first-order valence-corrected chi connectivity index (χ1v) is 10.3. The van der Waals surface area contributed by atoms with Gasteiger partial charge in [0.05, 0.1) is 5.56 Å². The number of aromatic nitrogens is 2. The van der Waals surface area contributed by atoms with Gasteiger partial charge in [0.1, 0.15) is 12.9 Å². The molecule has 4 heteroatoms. The number of benzene rings is 2. The number of halogens is 1. The van der Waals surface area contributed by atoms with Gasteiger partial charge >= 0.3 is 0 Å². The monoisotopic (exact) mass is 431 g/mol. The first kappa shape index (κ1) is 14.5. The fourth-order valence-corrected chi connectivity index (χ4v) is 4.10. The van der Waals surface area contributed by atoms with Crippen molar-refractivity contribution in [1.29, 1.82) is 0 Å². The van der Waals surface area contributed by atoms with Crippen LogP contribution in [0.3, 0.4) is 0 Å². The van der Waals surface area contributed by atoms with Crippen molar-refractivity contribution in [3.05, 3.63) is 83.9 Å². The average molecular weight is 432 g/mol. The van der Waals surface area contributed by atoms with Gasteiger partial charge in [0.15, 0.2) is 11.8 Å². The molecule has 160 valence electrons. The predicted octanol–water partition coefficient (Wildman–Crippen LogP) is 6.88. The van der Waals surface area contributed by atoms with Gasteiger partial charge in [0, 0.05) is 47.8 Å². The Bertz CT molecular complexity index is 1690. The minimum Gasteiger partial charge on any atom is -0.437 e. The molecule has 3 aromatic heterocycles. The van der Waals surface area contributed by atoms with Gasteiger partial charge in [-0.15, -0.1) is 0 Å². The molecule has 0 spiro atoms. The van der Waals surface area contributed by atoms with Crippen LogP contribution in [-0.2, 0) is 12.5 Å². The lowest BCUT2D eigenvalue weighted by Crippen LogP contribution is -2.30. The van der Waals surface area contributed by atoms with Crippen molar-refractivity contribution in [2.45, 2.75) is 33.0 Å². The summed E-state index contributed by atoms with van der Waals surface area (Å²) in [5.74, 6) is -0.325. The summed E-state index contributed by atoms with van der Waals surface area (Å²) < 4.78 is 70.6. The van der Waals surface area contributed by atoms with Gasteiger partial charge in [-0.3, -0.25) is 0 Å². The summed E-state index contributed by atoms with van der Waals surface area (Å²) in [6.45, 7) is -2.52. The third kappa shape index (κ3) is 3.27. The topological polar surface area (TPSA) is 29.9 Å². The summed E-state index contributed by atoms with van der Waals surface area (Å²) in [6, 6.07) is 17.3. The van der Waals surface area contributed by atoms with E-state index in [-0.39, 0.29) is 17.2 Å². The van der Waals surface area contributed by atoms with Crippen LogP contribution in [0.25, 0.3) is 44.5 Å². The van der Waals surface area contributed by atoms with E-state index in [0.717, 1.165) is 22.2 Å². The van der Waals surface area contributed by atoms with E-state index in [1.807, 2.05) is 49.0 Å². The van der Waals surface area contributed by atoms with Crippen LogP contribution in [0.15, 0.2) is 71.3 Å². The molecule has 3 heterocycles. The third-order valence-corrected chi connectivity index (χ3v) is 5.82. The van der Waals surface area contributed by atoms with Crippen molar-refractivity contribution < 1.29 is 21.6 Å². The number of hydrogen-bond donors (Lipinski definition) is 0. The Hall–Kier alpha value is -3.53. The highest BCUT2D eigenvalue weighted by Gasteiger charge is 2.23. The standard InChI is InChI=1S/C28H26FN2O/c1-17-10-11-20-21-12-13-24(28(2,3)4)30-27(21)32-26(20)25(17)23-16-18(14-15-31(23)5)19-8-6-7-9-22(19)29/h6-16H,1-5H3/q+1/i2D3,3D3. The van der Waals surface area contributed by atoms with Crippen LogP contribution < -0.4 is 4.57 Å². The van der Waals surface area contributed by atoms with Crippen molar-refractivity contribution in [3.8, 4) is 22.4 Å². The van der Waals surface area contributed by atoms with E-state index in [9.17, 15) is 4.39 Å². The van der Waals surface area contributed by atoms with Crippen LogP contribution in [0.1, 0.15) is 40.1 Å². The maximum atomic E-state index is 14.6. The summed E-state index contributed by atoms with van der Waals surface area (Å²) in [4.78, 5) is 4.44. The summed E-state index contributed by atoms with van der Waals surface area (Å²) in [6.07, 6.45) is 1.85. The van der Waals surface area contributed by atoms with E-state index < -0.39 is 19.1 Å². The molecule has 0 N–H and O–H groups in total. The molecule has 0 atom stereocenters. The highest BCUT2D eigenvalue weighted by atomic mass is 19.1. The first-order chi connectivity index (χ1) is 17.7. The van der Waals surface area contributed by atoms with Crippen LogP contribution in [0.2, 0.25) is 0 Å². The van der Waals surface area contributed by atoms with Crippen molar-refractivity contribution in [3.63, 3.8) is 0 Å². The molecule has 5 aromatic rings. The number of aryl methyl sites for hydroxylation is 2. The highest BCUT2D eigenvalue weighted by Crippen LogP contribution is 2.38. The van der Waals surface area contributed by atoms with Gasteiger partial charge in [0.2, 0.25) is 11.4 Å². The van der Waals surface area contributed by atoms with Gasteiger partial charge in [-0.1, -0.05) is 51.0 Å². The maximum Gasteiger partial charge on any atom is 0.227 e. The normalized spacial score (nSPS) is 15.6. The van der Waals surface area contributed by atoms with Gasteiger partial charge in [-0.2, -0.15) is 0 Å². The van der Waals surface area contributed by atoms with Gasteiger partial charge in [-0.25, -0.2) is 13.9 Å². The first-order valence-electron chi connectivity index (χ1n) is 13.3. The highest BCUT2D eigenvalue weighted by molar-refractivity contribution is 6.08. The van der Waals surface area contributed by atoms with Crippen LogP contribution in [0, 0.1) is 12.7 Å². The van der Waals surface area contributed by atoms with Gasteiger partial charge in [-0.05, 0) is 36.2 Å². The molecule has 0 saturated heterocycles. The quantitative estimate of drug-likeness (QED) is 0.285. The smallest absolute Gasteiger partial charge is 0.227 e. The van der Waals surface area contributed by atoms with Crippen molar-refractivity contribution in [2.75, 3.05) is 0 Å². The van der Waals surface area contributed by atoms with Crippen LogP contribution in [0.5, 0.6) is 0 Å². The maximum absolute atomic E-state index is 14.6. The number of furan rings is 1. The third-order valence-electron chi connectivity index (χ3n) is 5.82. The van der Waals surface area contributed by atoms with Gasteiger partial charge < -0.3 is 4.42 Å². The molecule has 0 bridgehead atoms. The second-order valence-electron chi connectivity index (χ2n) is 8.30. The molecule has 5 rings (SSSR count). The minimum atomic E-state index is -2.83. The molecular weight excluding hydrogens is 399 g/mol. The lowest BCUT2D eigenvalue weighted by atomic mass is 9.91. The Morgan fingerprint density at radius 3 is 2.59 bits per heavy atom. The minimum absolute atomic E-state index is 0.0885. The van der Waals surface area contributed by atoms with Crippen molar-refractivity contribution in [2.24, 2.45) is 7.05 Å². The SMILES string of the molecule is [2H]C([2H])([2H])C(C)(c1ccc2c(n1)oc1c(-c3cc(-c4ccccc4F)cc[n+]3C)c(C)ccc12)C([2H])([2H])[2H]. The molecule has 3 nitrogen and oxygen atoms in total. The molecule has 0 aliphatic rings.